The van der Waals surface area contributed by atoms with Gasteiger partial charge < -0.3 is 9.84 Å². The predicted molar refractivity (Wildman–Crippen MR) is 60.4 cm³/mol. The van der Waals surface area contributed by atoms with Crippen LogP contribution in [0.25, 0.3) is 0 Å². The molecule has 1 aliphatic carbocycles. The molecule has 1 N–H and O–H groups in total. The summed E-state index contributed by atoms with van der Waals surface area (Å²) in [4.78, 5) is 10.6. The average molecular weight is 220 g/mol. The van der Waals surface area contributed by atoms with Gasteiger partial charge in [0.05, 0.1) is 12.2 Å². The predicted octanol–water partition coefficient (Wildman–Crippen LogP) is 2.70. The summed E-state index contributed by atoms with van der Waals surface area (Å²) in [7, 11) is 0. The number of rotatable bonds is 6. The van der Waals surface area contributed by atoms with Crippen molar-refractivity contribution in [3.8, 4) is 0 Å². The minimum Gasteiger partial charge on any atom is -0.478 e. The average Bonchev–Trinajstić information content (AvgIpc) is 3.09. The van der Waals surface area contributed by atoms with Gasteiger partial charge in [0.25, 0.3) is 0 Å². The molecule has 1 aromatic carbocycles. The second-order valence-corrected chi connectivity index (χ2v) is 4.29. The van der Waals surface area contributed by atoms with Gasteiger partial charge in [-0.25, -0.2) is 4.79 Å². The van der Waals surface area contributed by atoms with Crippen LogP contribution in [0.15, 0.2) is 24.3 Å². The van der Waals surface area contributed by atoms with Crippen molar-refractivity contribution in [2.75, 3.05) is 6.61 Å². The Morgan fingerprint density at radius 1 is 1.31 bits per heavy atom. The first-order valence-corrected chi connectivity index (χ1v) is 5.65. The molecular weight excluding hydrogens is 204 g/mol. The molecule has 1 aromatic rings. The van der Waals surface area contributed by atoms with E-state index >= 15 is 0 Å². The van der Waals surface area contributed by atoms with Crippen molar-refractivity contribution in [1.29, 1.82) is 0 Å². The van der Waals surface area contributed by atoms with Crippen LogP contribution in [0.4, 0.5) is 0 Å². The summed E-state index contributed by atoms with van der Waals surface area (Å²) in [6.07, 6.45) is 3.88. The number of carboxylic acids is 1. The van der Waals surface area contributed by atoms with Crippen LogP contribution in [0.5, 0.6) is 0 Å². The highest BCUT2D eigenvalue weighted by molar-refractivity contribution is 5.87. The van der Waals surface area contributed by atoms with E-state index in [4.69, 9.17) is 9.84 Å². The van der Waals surface area contributed by atoms with Gasteiger partial charge in [-0.3, -0.25) is 0 Å². The van der Waals surface area contributed by atoms with Gasteiger partial charge >= 0.3 is 5.97 Å². The monoisotopic (exact) mass is 220 g/mol. The van der Waals surface area contributed by atoms with E-state index in [2.05, 4.69) is 0 Å². The maximum Gasteiger partial charge on any atom is 0.335 e. The Labute approximate surface area is 95.0 Å². The molecule has 1 saturated carbocycles. The lowest BCUT2D eigenvalue weighted by atomic mass is 10.1. The Morgan fingerprint density at radius 3 is 2.56 bits per heavy atom. The van der Waals surface area contributed by atoms with Crippen LogP contribution in [0.1, 0.15) is 35.2 Å². The number of carboxylic acid groups (broad SMARTS) is 1. The lowest BCUT2D eigenvalue weighted by Gasteiger charge is -2.04. The molecule has 3 nitrogen and oxygen atoms in total. The molecule has 0 heterocycles. The van der Waals surface area contributed by atoms with Gasteiger partial charge in [0.2, 0.25) is 0 Å². The minimum absolute atomic E-state index is 0.321. The minimum atomic E-state index is -0.888. The number of carbonyl (C=O) groups is 1. The third-order valence-corrected chi connectivity index (χ3v) is 2.84. The van der Waals surface area contributed by atoms with Gasteiger partial charge in [-0.05, 0) is 30.0 Å². The molecule has 0 spiro atoms. The van der Waals surface area contributed by atoms with Crippen LogP contribution in [-0.4, -0.2) is 17.7 Å². The molecule has 86 valence electrons. The number of ether oxygens (including phenoxy) is 1. The highest BCUT2D eigenvalue weighted by Gasteiger charge is 2.20. The quantitative estimate of drug-likeness (QED) is 0.750. The SMILES string of the molecule is O=C(O)c1ccc(COCCC2CC2)cc1. The highest BCUT2D eigenvalue weighted by Crippen LogP contribution is 2.32. The fraction of sp³-hybridized carbons (Fsp3) is 0.462. The van der Waals surface area contributed by atoms with Crippen molar-refractivity contribution in [2.45, 2.75) is 25.9 Å². The molecule has 3 heteroatoms. The first-order valence-electron chi connectivity index (χ1n) is 5.65. The van der Waals surface area contributed by atoms with Gasteiger partial charge in [-0.2, -0.15) is 0 Å². The zero-order valence-electron chi connectivity index (χ0n) is 9.19. The molecule has 0 bridgehead atoms. The smallest absolute Gasteiger partial charge is 0.335 e. The summed E-state index contributed by atoms with van der Waals surface area (Å²) in [6, 6.07) is 6.84. The van der Waals surface area contributed by atoms with E-state index in [9.17, 15) is 4.79 Å². The highest BCUT2D eigenvalue weighted by atomic mass is 16.5. The van der Waals surface area contributed by atoms with Crippen molar-refractivity contribution in [3.63, 3.8) is 0 Å². The summed E-state index contributed by atoms with van der Waals surface area (Å²) in [6.45, 7) is 1.39. The number of hydrogen-bond donors (Lipinski definition) is 1. The summed E-state index contributed by atoms with van der Waals surface area (Å²) < 4.78 is 5.52. The second-order valence-electron chi connectivity index (χ2n) is 4.29. The second kappa shape index (κ2) is 5.12. The van der Waals surface area contributed by atoms with Crippen LogP contribution in [0.2, 0.25) is 0 Å². The van der Waals surface area contributed by atoms with Crippen LogP contribution >= 0.6 is 0 Å². The number of aromatic carboxylic acids is 1. The Bertz CT molecular complexity index is 352. The maximum atomic E-state index is 10.6. The normalized spacial score (nSPS) is 15.0. The molecular formula is C13H16O3. The van der Waals surface area contributed by atoms with Crippen molar-refractivity contribution < 1.29 is 14.6 Å². The summed E-state index contributed by atoms with van der Waals surface area (Å²) in [5, 5.41) is 8.73. The number of benzene rings is 1. The summed E-state index contributed by atoms with van der Waals surface area (Å²) in [5.74, 6) is 0.00980. The van der Waals surface area contributed by atoms with Crippen LogP contribution in [-0.2, 0) is 11.3 Å². The van der Waals surface area contributed by atoms with Crippen LogP contribution in [0, 0.1) is 5.92 Å². The molecule has 16 heavy (non-hydrogen) atoms. The van der Waals surface area contributed by atoms with Gasteiger partial charge in [0, 0.05) is 6.61 Å². The molecule has 0 aliphatic heterocycles. The Hall–Kier alpha value is -1.35. The summed E-state index contributed by atoms with van der Waals surface area (Å²) in [5.41, 5.74) is 1.35. The zero-order valence-corrected chi connectivity index (χ0v) is 9.19. The number of hydrogen-bond acceptors (Lipinski definition) is 2. The molecule has 0 unspecified atom stereocenters. The molecule has 0 saturated heterocycles. The van der Waals surface area contributed by atoms with E-state index < -0.39 is 5.97 Å². The van der Waals surface area contributed by atoms with Gasteiger partial charge in [0.1, 0.15) is 0 Å². The van der Waals surface area contributed by atoms with E-state index in [1.54, 1.807) is 24.3 Å². The van der Waals surface area contributed by atoms with Crippen molar-refractivity contribution in [3.05, 3.63) is 35.4 Å². The fourth-order valence-electron chi connectivity index (χ4n) is 1.59. The molecule has 1 fully saturated rings. The molecule has 0 aromatic heterocycles. The van der Waals surface area contributed by atoms with Crippen molar-refractivity contribution >= 4 is 5.97 Å². The molecule has 2 rings (SSSR count). The largest absolute Gasteiger partial charge is 0.478 e. The van der Waals surface area contributed by atoms with Gasteiger partial charge in [-0.1, -0.05) is 25.0 Å². The van der Waals surface area contributed by atoms with Crippen molar-refractivity contribution in [1.82, 2.24) is 0 Å². The fourth-order valence-corrected chi connectivity index (χ4v) is 1.59. The first kappa shape index (κ1) is 11.1. The van der Waals surface area contributed by atoms with Gasteiger partial charge in [0.15, 0.2) is 0 Å². The lowest BCUT2D eigenvalue weighted by molar-refractivity contribution is 0.0696. The van der Waals surface area contributed by atoms with E-state index in [1.807, 2.05) is 0 Å². The van der Waals surface area contributed by atoms with E-state index in [1.165, 1.54) is 12.8 Å². The standard InChI is InChI=1S/C13H16O3/c14-13(15)12-5-3-11(4-6-12)9-16-8-7-10-1-2-10/h3-6,10H,1-2,7-9H2,(H,14,15). The lowest BCUT2D eigenvalue weighted by Crippen LogP contribution is -1.99. The molecule has 1 aliphatic rings. The Balaban J connectivity index is 1.73. The molecule has 0 atom stereocenters. The molecule has 0 amide bonds. The van der Waals surface area contributed by atoms with Gasteiger partial charge in [-0.15, -0.1) is 0 Å². The van der Waals surface area contributed by atoms with E-state index in [0.717, 1.165) is 24.5 Å². The van der Waals surface area contributed by atoms with E-state index in [0.29, 0.717) is 12.2 Å². The van der Waals surface area contributed by atoms with Crippen molar-refractivity contribution in [2.24, 2.45) is 5.92 Å². The maximum absolute atomic E-state index is 10.6. The zero-order chi connectivity index (χ0) is 11.4. The topological polar surface area (TPSA) is 46.5 Å². The Kier molecular flexibility index (Phi) is 3.57. The third-order valence-electron chi connectivity index (χ3n) is 2.84. The third kappa shape index (κ3) is 3.35. The Morgan fingerprint density at radius 2 is 2.00 bits per heavy atom. The first-order chi connectivity index (χ1) is 7.75. The molecule has 0 radical (unpaired) electrons. The van der Waals surface area contributed by atoms with E-state index in [-0.39, 0.29) is 0 Å². The summed E-state index contributed by atoms with van der Waals surface area (Å²) >= 11 is 0. The van der Waals surface area contributed by atoms with Crippen LogP contribution in [0.3, 0.4) is 0 Å². The van der Waals surface area contributed by atoms with Crippen LogP contribution < -0.4 is 0 Å².